The van der Waals surface area contributed by atoms with Gasteiger partial charge in [-0.1, -0.05) is 66.7 Å². The Morgan fingerprint density at radius 3 is 1.73 bits per heavy atom. The number of carbonyl (C=O) groups excluding carboxylic acids is 3. The Labute approximate surface area is 378 Å². The molecule has 3 aromatic carbocycles. The smallest absolute Gasteiger partial charge is 0.407 e. The van der Waals surface area contributed by atoms with Crippen LogP contribution in [0.5, 0.6) is 17.4 Å². The first-order valence-electron chi connectivity index (χ1n) is 22.3. The van der Waals surface area contributed by atoms with Gasteiger partial charge in [0.1, 0.15) is 17.1 Å². The second-order valence-corrected chi connectivity index (χ2v) is 15.8. The molecule has 1 aromatic heterocycles. The number of esters is 1. The number of alkyl carbamates (subject to hydrolysis) is 1. The second kappa shape index (κ2) is 29.6. The lowest BCUT2D eigenvalue weighted by molar-refractivity contribution is -0.139. The summed E-state index contributed by atoms with van der Waals surface area (Å²) in [6.07, 6.45) is 4.19. The number of hydrogen-bond donors (Lipinski definition) is 2. The summed E-state index contributed by atoms with van der Waals surface area (Å²) < 4.78 is 45.1. The summed E-state index contributed by atoms with van der Waals surface area (Å²) in [6.45, 7) is 10.5. The molecule has 0 saturated heterocycles. The predicted octanol–water partition coefficient (Wildman–Crippen LogP) is 8.39. The summed E-state index contributed by atoms with van der Waals surface area (Å²) in [6, 6.07) is 29.8. The van der Waals surface area contributed by atoms with E-state index >= 15 is 0 Å². The first-order valence-corrected chi connectivity index (χ1v) is 22.3. The van der Waals surface area contributed by atoms with E-state index in [2.05, 4.69) is 28.8 Å². The molecule has 0 spiro atoms. The van der Waals surface area contributed by atoms with E-state index in [-0.39, 0.29) is 12.3 Å². The number of ether oxygens (including phenoxy) is 8. The molecule has 0 unspecified atom stereocenters. The van der Waals surface area contributed by atoms with Crippen molar-refractivity contribution in [2.75, 3.05) is 79.7 Å². The highest BCUT2D eigenvalue weighted by Crippen LogP contribution is 2.31. The van der Waals surface area contributed by atoms with Crippen LogP contribution in [-0.4, -0.2) is 108 Å². The predicted molar refractivity (Wildman–Crippen MR) is 246 cm³/mol. The minimum atomic E-state index is -0.516. The Morgan fingerprint density at radius 1 is 0.562 bits per heavy atom. The van der Waals surface area contributed by atoms with Crippen molar-refractivity contribution in [3.05, 3.63) is 96.6 Å². The highest BCUT2D eigenvalue weighted by molar-refractivity contribution is 5.76. The van der Waals surface area contributed by atoms with E-state index in [0.29, 0.717) is 121 Å². The van der Waals surface area contributed by atoms with Crippen molar-refractivity contribution >= 4 is 18.0 Å². The summed E-state index contributed by atoms with van der Waals surface area (Å²) in [5.74, 6) is 1.20. The Balaban J connectivity index is 1.05. The molecule has 0 saturated carbocycles. The van der Waals surface area contributed by atoms with Gasteiger partial charge in [-0.25, -0.2) is 9.78 Å². The summed E-state index contributed by atoms with van der Waals surface area (Å²) in [7, 11) is 1.35. The number of rotatable bonds is 31. The van der Waals surface area contributed by atoms with Crippen LogP contribution in [0.15, 0.2) is 91.0 Å². The topological polar surface area (TPSA) is 162 Å². The number of aromatic nitrogens is 1. The summed E-state index contributed by atoms with van der Waals surface area (Å²) in [4.78, 5) is 41.2. The van der Waals surface area contributed by atoms with Crippen molar-refractivity contribution in [1.82, 2.24) is 15.6 Å². The van der Waals surface area contributed by atoms with Crippen LogP contribution >= 0.6 is 0 Å². The summed E-state index contributed by atoms with van der Waals surface area (Å²) >= 11 is 0. The average molecular weight is 886 g/mol. The molecule has 1 heterocycles. The van der Waals surface area contributed by atoms with Crippen molar-refractivity contribution in [3.63, 3.8) is 0 Å². The van der Waals surface area contributed by atoms with Crippen molar-refractivity contribution in [2.45, 2.75) is 77.7 Å². The van der Waals surface area contributed by atoms with Crippen LogP contribution in [0, 0.1) is 0 Å². The molecule has 0 aliphatic carbocycles. The average Bonchev–Trinajstić information content (AvgIpc) is 3.29. The van der Waals surface area contributed by atoms with Crippen LogP contribution in [0.2, 0.25) is 0 Å². The lowest BCUT2D eigenvalue weighted by Gasteiger charge is -2.19. The number of carbonyl (C=O) groups is 3. The standard InChI is InChI=1S/C50H67N3O11/c1-50(2,3)64-49(56)52-26-17-28-59-33-35-60-34-32-58-27-16-25-51-46(54)24-15-31-62-45-23-14-22-44(42(45)38-48(55)57-4)61-29-12-7-13-30-63-47-37-41(39-18-8-5-9-19-39)36-43(53-47)40-20-10-6-11-21-40/h5-6,8-11,14,18-23,36-37H,7,12-13,15-17,24-35,38H2,1-4H3,(H,51,54)(H,52,56). The molecule has 0 aliphatic rings. The zero-order valence-corrected chi connectivity index (χ0v) is 38.0. The Kier molecular flexibility index (Phi) is 23.6. The van der Waals surface area contributed by atoms with Gasteiger partial charge in [-0.2, -0.15) is 0 Å². The van der Waals surface area contributed by atoms with Crippen LogP contribution in [0.1, 0.15) is 71.3 Å². The van der Waals surface area contributed by atoms with Gasteiger partial charge in [0.2, 0.25) is 11.8 Å². The minimum Gasteiger partial charge on any atom is -0.493 e. The molecular formula is C50H67N3O11. The Bertz CT molecular complexity index is 1880. The normalized spacial score (nSPS) is 11.1. The van der Waals surface area contributed by atoms with Crippen LogP contribution in [0.4, 0.5) is 4.79 Å². The number of nitrogens with one attached hydrogen (secondary N) is 2. The molecule has 4 rings (SSSR count). The minimum absolute atomic E-state index is 0.00301. The van der Waals surface area contributed by atoms with Gasteiger partial charge in [-0.05, 0) is 88.6 Å². The maximum atomic E-state index is 12.4. The van der Waals surface area contributed by atoms with Crippen molar-refractivity contribution < 1.29 is 52.3 Å². The number of benzene rings is 3. The van der Waals surface area contributed by atoms with E-state index in [1.807, 2.05) is 87.5 Å². The molecule has 0 atom stereocenters. The van der Waals surface area contributed by atoms with Crippen molar-refractivity contribution in [3.8, 4) is 39.8 Å². The van der Waals surface area contributed by atoms with E-state index in [1.54, 1.807) is 6.07 Å². The molecule has 2 amide bonds. The Hall–Kier alpha value is -5.70. The van der Waals surface area contributed by atoms with Crippen molar-refractivity contribution in [1.29, 1.82) is 0 Å². The highest BCUT2D eigenvalue weighted by atomic mass is 16.6. The molecule has 2 N–H and O–H groups in total. The van der Waals surface area contributed by atoms with Crippen molar-refractivity contribution in [2.24, 2.45) is 0 Å². The molecule has 348 valence electrons. The zero-order chi connectivity index (χ0) is 45.7. The van der Waals surface area contributed by atoms with E-state index in [1.165, 1.54) is 7.11 Å². The van der Waals surface area contributed by atoms with Crippen LogP contribution < -0.4 is 24.8 Å². The number of unbranched alkanes of at least 4 members (excludes halogenated alkanes) is 2. The third-order valence-electron chi connectivity index (χ3n) is 9.38. The van der Waals surface area contributed by atoms with E-state index in [9.17, 15) is 14.4 Å². The van der Waals surface area contributed by atoms with Gasteiger partial charge < -0.3 is 48.5 Å². The zero-order valence-electron chi connectivity index (χ0n) is 38.0. The van der Waals surface area contributed by atoms with Crippen LogP contribution in [-0.2, 0) is 39.7 Å². The van der Waals surface area contributed by atoms with E-state index in [4.69, 9.17) is 42.9 Å². The molecule has 14 heteroatoms. The fourth-order valence-corrected chi connectivity index (χ4v) is 6.21. The van der Waals surface area contributed by atoms with Gasteiger partial charge in [0.25, 0.3) is 0 Å². The number of amides is 2. The fraction of sp³-hybridized carbons (Fsp3) is 0.480. The fourth-order valence-electron chi connectivity index (χ4n) is 6.21. The van der Waals surface area contributed by atoms with Gasteiger partial charge in [0.15, 0.2) is 0 Å². The quantitative estimate of drug-likeness (QED) is 0.0367. The maximum Gasteiger partial charge on any atom is 0.407 e. The van der Waals surface area contributed by atoms with Gasteiger partial charge in [0, 0.05) is 49.9 Å². The summed E-state index contributed by atoms with van der Waals surface area (Å²) in [5.41, 5.74) is 4.13. The SMILES string of the molecule is COC(=O)Cc1c(OCCCCCOc2cc(-c3ccccc3)cc(-c3ccccc3)n2)cccc1OCCCC(=O)NCCCOCCOCCOCCCNC(=O)OC(C)(C)C. The molecule has 14 nitrogen and oxygen atoms in total. The van der Waals surface area contributed by atoms with Gasteiger partial charge in [-0.15, -0.1) is 0 Å². The highest BCUT2D eigenvalue weighted by Gasteiger charge is 2.17. The molecule has 4 aromatic rings. The molecular weight excluding hydrogens is 819 g/mol. The number of pyridine rings is 1. The van der Waals surface area contributed by atoms with Crippen LogP contribution in [0.25, 0.3) is 22.4 Å². The van der Waals surface area contributed by atoms with Gasteiger partial charge >= 0.3 is 12.1 Å². The molecule has 0 bridgehead atoms. The molecule has 0 aliphatic heterocycles. The molecule has 0 radical (unpaired) electrons. The second-order valence-electron chi connectivity index (χ2n) is 15.8. The number of nitrogens with zero attached hydrogens (tertiary/aromatic N) is 1. The molecule has 0 fully saturated rings. The first-order chi connectivity index (χ1) is 31.1. The first kappa shape index (κ1) is 50.9. The Morgan fingerprint density at radius 2 is 1.12 bits per heavy atom. The number of hydrogen-bond acceptors (Lipinski definition) is 12. The maximum absolute atomic E-state index is 12.4. The summed E-state index contributed by atoms with van der Waals surface area (Å²) in [5, 5.41) is 5.61. The monoisotopic (exact) mass is 885 g/mol. The lowest BCUT2D eigenvalue weighted by atomic mass is 10.0. The van der Waals surface area contributed by atoms with Gasteiger partial charge in [-0.3, -0.25) is 9.59 Å². The third kappa shape index (κ3) is 21.1. The van der Waals surface area contributed by atoms with E-state index < -0.39 is 17.7 Å². The van der Waals surface area contributed by atoms with E-state index in [0.717, 1.165) is 41.6 Å². The number of methoxy groups -OCH3 is 1. The lowest BCUT2D eigenvalue weighted by Crippen LogP contribution is -2.33. The van der Waals surface area contributed by atoms with Crippen LogP contribution in [0.3, 0.4) is 0 Å². The third-order valence-corrected chi connectivity index (χ3v) is 9.38. The van der Waals surface area contributed by atoms with Gasteiger partial charge in [0.05, 0.1) is 65.5 Å². The molecule has 64 heavy (non-hydrogen) atoms. The largest absolute Gasteiger partial charge is 0.493 e.